The van der Waals surface area contributed by atoms with E-state index in [1.54, 1.807) is 0 Å². The number of aryl methyl sites for hydroxylation is 1. The summed E-state index contributed by atoms with van der Waals surface area (Å²) in [5.41, 5.74) is 5.48. The molecule has 1 N–H and O–H groups in total. The molecular weight excluding hydrogens is 378 g/mol. The molecule has 3 nitrogen and oxygen atoms in total. The summed E-state index contributed by atoms with van der Waals surface area (Å²) in [5.74, 6) is 0. The summed E-state index contributed by atoms with van der Waals surface area (Å²) in [6.45, 7) is 13.4. The van der Waals surface area contributed by atoms with Gasteiger partial charge in [0, 0.05) is 30.2 Å². The number of rotatable bonds is 14. The molecule has 3 heteroatoms. The van der Waals surface area contributed by atoms with Crippen LogP contribution >= 0.6 is 0 Å². The van der Waals surface area contributed by atoms with Crippen molar-refractivity contribution in [3.63, 3.8) is 0 Å². The Kier molecular flexibility index (Phi) is 9.64. The van der Waals surface area contributed by atoms with Gasteiger partial charge < -0.3 is 14.8 Å². The Hall–Kier alpha value is -2.10. The van der Waals surface area contributed by atoms with E-state index in [9.17, 15) is 0 Å². The first-order valence-corrected chi connectivity index (χ1v) is 12.3. The van der Waals surface area contributed by atoms with Crippen molar-refractivity contribution in [2.24, 2.45) is 0 Å². The van der Waals surface area contributed by atoms with Crippen LogP contribution in [0.15, 0.2) is 54.7 Å². The highest BCUT2D eigenvalue weighted by atomic mass is 15.1. The molecule has 0 radical (unpaired) electrons. The minimum Gasteiger partial charge on any atom is -0.343 e. The molecule has 1 heterocycles. The third-order valence-electron chi connectivity index (χ3n) is 6.27. The molecule has 0 spiro atoms. The predicted octanol–water partition coefficient (Wildman–Crippen LogP) is 6.38. The zero-order chi connectivity index (χ0) is 21.9. The van der Waals surface area contributed by atoms with Gasteiger partial charge in [-0.25, -0.2) is 0 Å². The Morgan fingerprint density at radius 1 is 0.806 bits per heavy atom. The number of nitrogens with zero attached hydrogens (tertiary/aromatic N) is 2. The average Bonchev–Trinajstić information content (AvgIpc) is 3.14. The van der Waals surface area contributed by atoms with Gasteiger partial charge in [-0.2, -0.15) is 0 Å². The van der Waals surface area contributed by atoms with Crippen molar-refractivity contribution >= 4 is 10.9 Å². The molecule has 0 aliphatic heterocycles. The minimum atomic E-state index is 0.928. The molecule has 0 saturated carbocycles. The van der Waals surface area contributed by atoms with Gasteiger partial charge in [0.15, 0.2) is 0 Å². The fourth-order valence-electron chi connectivity index (χ4n) is 4.32. The van der Waals surface area contributed by atoms with Gasteiger partial charge in [-0.05, 0) is 75.1 Å². The summed E-state index contributed by atoms with van der Waals surface area (Å²) in [6, 6.07) is 17.5. The van der Waals surface area contributed by atoms with Crippen molar-refractivity contribution in [2.45, 2.75) is 66.0 Å². The van der Waals surface area contributed by atoms with Crippen LogP contribution in [-0.2, 0) is 13.1 Å². The van der Waals surface area contributed by atoms with Gasteiger partial charge in [-0.1, -0.05) is 69.2 Å². The highest BCUT2D eigenvalue weighted by Crippen LogP contribution is 2.23. The summed E-state index contributed by atoms with van der Waals surface area (Å²) in [5, 5.41) is 5.08. The molecule has 0 aliphatic carbocycles. The maximum atomic E-state index is 3.71. The van der Waals surface area contributed by atoms with Crippen LogP contribution in [0.4, 0.5) is 0 Å². The number of nitrogens with one attached hydrogen (secondary N) is 1. The number of para-hydroxylation sites is 1. The van der Waals surface area contributed by atoms with Crippen LogP contribution in [-0.4, -0.2) is 35.6 Å². The van der Waals surface area contributed by atoms with E-state index in [1.807, 2.05) is 0 Å². The number of hydrogen-bond donors (Lipinski definition) is 1. The van der Waals surface area contributed by atoms with Crippen molar-refractivity contribution < 1.29 is 0 Å². The lowest BCUT2D eigenvalue weighted by atomic mass is 10.1. The fraction of sp³-hybridized carbons (Fsp3) is 0.500. The van der Waals surface area contributed by atoms with Gasteiger partial charge in [0.05, 0.1) is 0 Å². The molecule has 3 aromatic rings. The standard InChI is InChI=1S/C28H41N3/c1-4-6-18-30(19-7-5-2)20-12-17-29-21-26-23-31(28-16-11-10-15-27(26)28)22-25-14-9-8-13-24(25)3/h8-11,13-16,23,29H,4-7,12,17-22H2,1-3H3. The van der Waals surface area contributed by atoms with Crippen LogP contribution in [0.3, 0.4) is 0 Å². The predicted molar refractivity (Wildman–Crippen MR) is 135 cm³/mol. The minimum absolute atomic E-state index is 0.928. The fourth-order valence-corrected chi connectivity index (χ4v) is 4.32. The van der Waals surface area contributed by atoms with Gasteiger partial charge in [0.25, 0.3) is 0 Å². The molecule has 0 atom stereocenters. The van der Waals surface area contributed by atoms with Gasteiger partial charge in [0.2, 0.25) is 0 Å². The Labute approximate surface area is 189 Å². The second-order valence-corrected chi connectivity index (χ2v) is 8.80. The van der Waals surface area contributed by atoms with E-state index in [2.05, 4.69) is 90.3 Å². The van der Waals surface area contributed by atoms with Crippen molar-refractivity contribution in [1.82, 2.24) is 14.8 Å². The lowest BCUT2D eigenvalue weighted by molar-refractivity contribution is 0.261. The Morgan fingerprint density at radius 2 is 1.48 bits per heavy atom. The zero-order valence-corrected chi connectivity index (χ0v) is 19.9. The maximum Gasteiger partial charge on any atom is 0.0486 e. The van der Waals surface area contributed by atoms with Gasteiger partial charge in [-0.15, -0.1) is 0 Å². The van der Waals surface area contributed by atoms with Crippen LogP contribution in [0.1, 0.15) is 62.6 Å². The third-order valence-corrected chi connectivity index (χ3v) is 6.27. The number of fused-ring (bicyclic) bond motifs is 1. The van der Waals surface area contributed by atoms with Crippen LogP contribution in [0, 0.1) is 6.92 Å². The third kappa shape index (κ3) is 6.95. The first kappa shape index (κ1) is 23.6. The number of benzene rings is 2. The van der Waals surface area contributed by atoms with E-state index in [4.69, 9.17) is 0 Å². The molecular formula is C28H41N3. The summed E-state index contributed by atoms with van der Waals surface area (Å²) < 4.78 is 2.41. The molecule has 0 aliphatic rings. The van der Waals surface area contributed by atoms with E-state index in [0.29, 0.717) is 0 Å². The van der Waals surface area contributed by atoms with Gasteiger partial charge in [-0.3, -0.25) is 0 Å². The SMILES string of the molecule is CCCCN(CCCC)CCCNCc1cn(Cc2ccccc2C)c2ccccc12. The molecule has 1 aromatic heterocycles. The van der Waals surface area contributed by atoms with Crippen molar-refractivity contribution in [3.05, 3.63) is 71.4 Å². The summed E-state index contributed by atoms with van der Waals surface area (Å²) in [7, 11) is 0. The van der Waals surface area contributed by atoms with E-state index in [1.165, 1.54) is 79.3 Å². The topological polar surface area (TPSA) is 20.2 Å². The monoisotopic (exact) mass is 419 g/mol. The first-order valence-electron chi connectivity index (χ1n) is 12.3. The highest BCUT2D eigenvalue weighted by molar-refractivity contribution is 5.84. The Bertz CT molecular complexity index is 904. The Morgan fingerprint density at radius 3 is 2.23 bits per heavy atom. The molecule has 0 unspecified atom stereocenters. The number of unbranched alkanes of at least 4 members (excludes halogenated alkanes) is 2. The smallest absolute Gasteiger partial charge is 0.0486 e. The zero-order valence-electron chi connectivity index (χ0n) is 19.9. The molecule has 0 saturated heterocycles. The quantitative estimate of drug-likeness (QED) is 0.306. The molecule has 31 heavy (non-hydrogen) atoms. The lowest BCUT2D eigenvalue weighted by Crippen LogP contribution is -2.29. The number of hydrogen-bond acceptors (Lipinski definition) is 2. The summed E-state index contributed by atoms with van der Waals surface area (Å²) in [4.78, 5) is 2.66. The second kappa shape index (κ2) is 12.7. The van der Waals surface area contributed by atoms with E-state index in [0.717, 1.165) is 19.6 Å². The highest BCUT2D eigenvalue weighted by Gasteiger charge is 2.09. The molecule has 0 amide bonds. The summed E-state index contributed by atoms with van der Waals surface area (Å²) in [6.07, 6.45) is 8.77. The van der Waals surface area contributed by atoms with Crippen molar-refractivity contribution in [3.8, 4) is 0 Å². The van der Waals surface area contributed by atoms with Crippen molar-refractivity contribution in [1.29, 1.82) is 0 Å². The maximum absolute atomic E-state index is 3.71. The average molecular weight is 420 g/mol. The lowest BCUT2D eigenvalue weighted by Gasteiger charge is -2.21. The summed E-state index contributed by atoms with van der Waals surface area (Å²) >= 11 is 0. The Balaban J connectivity index is 1.56. The van der Waals surface area contributed by atoms with Gasteiger partial charge in [0.1, 0.15) is 0 Å². The van der Waals surface area contributed by atoms with Crippen molar-refractivity contribution in [2.75, 3.05) is 26.2 Å². The second-order valence-electron chi connectivity index (χ2n) is 8.80. The van der Waals surface area contributed by atoms with Crippen LogP contribution < -0.4 is 5.32 Å². The normalized spacial score (nSPS) is 11.6. The van der Waals surface area contributed by atoms with Crippen LogP contribution in [0.2, 0.25) is 0 Å². The van der Waals surface area contributed by atoms with Crippen LogP contribution in [0.25, 0.3) is 10.9 Å². The largest absolute Gasteiger partial charge is 0.343 e. The van der Waals surface area contributed by atoms with Crippen LogP contribution in [0.5, 0.6) is 0 Å². The van der Waals surface area contributed by atoms with Gasteiger partial charge >= 0.3 is 0 Å². The molecule has 168 valence electrons. The molecule has 0 fully saturated rings. The number of aromatic nitrogens is 1. The molecule has 2 aromatic carbocycles. The van der Waals surface area contributed by atoms with E-state index >= 15 is 0 Å². The first-order chi connectivity index (χ1) is 15.2. The molecule has 3 rings (SSSR count). The molecule has 0 bridgehead atoms. The van der Waals surface area contributed by atoms with E-state index < -0.39 is 0 Å². The van der Waals surface area contributed by atoms with E-state index in [-0.39, 0.29) is 0 Å².